The first-order valence-corrected chi connectivity index (χ1v) is 19.9. The molecule has 272 valence electrons. The molecule has 0 bridgehead atoms. The number of carbonyl (C=O) groups excluding carboxylic acids is 2. The van der Waals surface area contributed by atoms with Crippen LogP contribution < -0.4 is 10.6 Å². The van der Waals surface area contributed by atoms with E-state index in [0.717, 1.165) is 89.4 Å². The van der Waals surface area contributed by atoms with E-state index in [2.05, 4.69) is 41.2 Å². The van der Waals surface area contributed by atoms with E-state index in [1.807, 2.05) is 0 Å². The average Bonchev–Trinajstić information content (AvgIpc) is 3.38. The molecule has 2 fully saturated rings. The van der Waals surface area contributed by atoms with Crippen LogP contribution in [0.5, 0.6) is 0 Å². The minimum absolute atomic E-state index is 0.0753. The van der Waals surface area contributed by atoms with Crippen molar-refractivity contribution in [2.45, 2.75) is 197 Å². The lowest BCUT2D eigenvalue weighted by molar-refractivity contribution is -0.609. The van der Waals surface area contributed by atoms with Crippen molar-refractivity contribution in [2.24, 2.45) is 5.92 Å². The third-order valence-corrected chi connectivity index (χ3v) is 11.6. The largest absolute Gasteiger partial charge is 0.469 e. The fourth-order valence-corrected chi connectivity index (χ4v) is 9.08. The van der Waals surface area contributed by atoms with Crippen molar-refractivity contribution in [3.63, 3.8) is 0 Å². The van der Waals surface area contributed by atoms with Crippen LogP contribution in [0.4, 0.5) is 0 Å². The van der Waals surface area contributed by atoms with Gasteiger partial charge in [-0.1, -0.05) is 89.7 Å². The van der Waals surface area contributed by atoms with Gasteiger partial charge in [0, 0.05) is 25.7 Å². The van der Waals surface area contributed by atoms with Crippen LogP contribution in [0.3, 0.4) is 0 Å². The molecule has 5 rings (SSSR count). The van der Waals surface area contributed by atoms with Crippen LogP contribution in [0.15, 0.2) is 12.2 Å². The standard InChI is InChI=1S/C39H65N3O6/c1-4-32-22-17-18-26-38(48-32)29-31-24-25-33-35(39(27-20-21-30(2)47-39)41-37(40-38)42(31)33)36(44)46-28-19-15-13-11-9-7-5-6-8-10-12-14-16-23-34(43)45-3/h17,22,30-33,35H,4-16,18-21,23-29H2,1-3H3,(H,40,41)/p+1/t30-,31+,32+,33-,35-,38+,39-/m1/s1. The van der Waals surface area contributed by atoms with Gasteiger partial charge in [0.25, 0.3) is 0 Å². The second-order valence-electron chi connectivity index (χ2n) is 15.3. The lowest BCUT2D eigenvalue weighted by Gasteiger charge is -2.50. The van der Waals surface area contributed by atoms with Crippen molar-refractivity contribution < 1.29 is 33.1 Å². The molecule has 0 aromatic rings. The van der Waals surface area contributed by atoms with Crippen molar-refractivity contribution in [2.75, 3.05) is 13.7 Å². The van der Waals surface area contributed by atoms with Crippen LogP contribution in [-0.2, 0) is 28.5 Å². The van der Waals surface area contributed by atoms with E-state index < -0.39 is 11.4 Å². The van der Waals surface area contributed by atoms with Crippen LogP contribution in [0, 0.1) is 5.92 Å². The van der Waals surface area contributed by atoms with Crippen molar-refractivity contribution in [1.29, 1.82) is 0 Å². The first kappa shape index (κ1) is 37.1. The van der Waals surface area contributed by atoms with E-state index in [-0.39, 0.29) is 36.1 Å². The van der Waals surface area contributed by atoms with Crippen molar-refractivity contribution in [3.8, 4) is 0 Å². The number of rotatable bonds is 18. The number of unbranched alkanes of at least 4 members (excludes halogenated alkanes) is 12. The summed E-state index contributed by atoms with van der Waals surface area (Å²) in [5.41, 5.74) is -1.14. The molecule has 0 aromatic heterocycles. The summed E-state index contributed by atoms with van der Waals surface area (Å²) in [4.78, 5) is 25.1. The lowest BCUT2D eigenvalue weighted by Crippen LogP contribution is -2.76. The second kappa shape index (κ2) is 18.2. The Hall–Kier alpha value is -2.13. The molecule has 2 spiro atoms. The fourth-order valence-electron chi connectivity index (χ4n) is 9.08. The Kier molecular flexibility index (Phi) is 14.1. The molecule has 5 aliphatic heterocycles. The first-order valence-electron chi connectivity index (χ1n) is 19.9. The van der Waals surface area contributed by atoms with E-state index in [4.69, 9.17) is 18.9 Å². The van der Waals surface area contributed by atoms with Gasteiger partial charge in [0.05, 0.1) is 38.0 Å². The zero-order valence-corrected chi connectivity index (χ0v) is 30.4. The van der Waals surface area contributed by atoms with Gasteiger partial charge in [-0.25, -0.2) is 10.6 Å². The Labute approximate surface area is 290 Å². The van der Waals surface area contributed by atoms with Gasteiger partial charge in [-0.2, -0.15) is 0 Å². The van der Waals surface area contributed by atoms with Gasteiger partial charge >= 0.3 is 17.9 Å². The summed E-state index contributed by atoms with van der Waals surface area (Å²) < 4.78 is 26.8. The number of esters is 2. The molecule has 2 N–H and O–H groups in total. The topological polar surface area (TPSA) is 98.1 Å². The number of carbonyl (C=O) groups is 2. The lowest BCUT2D eigenvalue weighted by atomic mass is 9.80. The maximum atomic E-state index is 14.0. The highest BCUT2D eigenvalue weighted by Gasteiger charge is 2.64. The number of nitrogens with one attached hydrogen (secondary N) is 2. The molecular formula is C39H66N3O6+. The summed E-state index contributed by atoms with van der Waals surface area (Å²) in [6, 6.07) is 0.415. The second-order valence-corrected chi connectivity index (χ2v) is 15.3. The number of hydrogen-bond donors (Lipinski definition) is 2. The van der Waals surface area contributed by atoms with Crippen molar-refractivity contribution >= 4 is 17.9 Å². The highest BCUT2D eigenvalue weighted by Crippen LogP contribution is 2.45. The van der Waals surface area contributed by atoms with Crippen LogP contribution in [-0.4, -0.2) is 71.9 Å². The number of hydrogen-bond acceptors (Lipinski definition) is 8. The summed E-state index contributed by atoms with van der Waals surface area (Å²) in [6.07, 6.45) is 29.6. The molecule has 5 heterocycles. The molecule has 5 aliphatic rings. The molecule has 0 unspecified atom stereocenters. The molecule has 0 aliphatic carbocycles. The van der Waals surface area contributed by atoms with Crippen molar-refractivity contribution in [3.05, 3.63) is 12.2 Å². The highest BCUT2D eigenvalue weighted by atomic mass is 16.6. The first-order chi connectivity index (χ1) is 23.4. The molecule has 48 heavy (non-hydrogen) atoms. The van der Waals surface area contributed by atoms with Gasteiger partial charge in [0.1, 0.15) is 0 Å². The van der Waals surface area contributed by atoms with E-state index in [1.54, 1.807) is 0 Å². The van der Waals surface area contributed by atoms with E-state index in [9.17, 15) is 9.59 Å². The van der Waals surface area contributed by atoms with Gasteiger partial charge < -0.3 is 18.9 Å². The molecule has 7 atom stereocenters. The van der Waals surface area contributed by atoms with Crippen molar-refractivity contribution in [1.82, 2.24) is 10.6 Å². The molecule has 0 radical (unpaired) electrons. The predicted molar refractivity (Wildman–Crippen MR) is 187 cm³/mol. The number of guanidine groups is 1. The summed E-state index contributed by atoms with van der Waals surface area (Å²) in [6.45, 7) is 4.82. The molecule has 0 aromatic carbocycles. The maximum absolute atomic E-state index is 14.0. The van der Waals surface area contributed by atoms with E-state index in [0.29, 0.717) is 19.1 Å². The third kappa shape index (κ3) is 9.55. The SMILES string of the molecule is CC[C@H]1C=CCC[C@@]2(C[C@@H]3CC[C@@H]4[C@H](C(=O)OCCCCCCCCCCCCCCCC(=O)OC)[C@]5(CCC[C@@H](C)O5)NC(=[N+]34)N2)O1. The van der Waals surface area contributed by atoms with Gasteiger partial charge in [0.2, 0.25) is 5.72 Å². The van der Waals surface area contributed by atoms with Gasteiger partial charge in [-0.3, -0.25) is 14.2 Å². The van der Waals surface area contributed by atoms with Crippen LogP contribution in [0.2, 0.25) is 0 Å². The zero-order valence-electron chi connectivity index (χ0n) is 30.4. The number of methoxy groups -OCH3 is 1. The number of nitrogens with zero attached hydrogens (tertiary/aromatic N) is 1. The third-order valence-electron chi connectivity index (χ3n) is 11.6. The summed E-state index contributed by atoms with van der Waals surface area (Å²) >= 11 is 0. The summed E-state index contributed by atoms with van der Waals surface area (Å²) in [5.74, 6) is 0.471. The monoisotopic (exact) mass is 672 g/mol. The zero-order chi connectivity index (χ0) is 33.8. The molecule has 0 amide bonds. The summed E-state index contributed by atoms with van der Waals surface area (Å²) in [7, 11) is 1.46. The number of allylic oxidation sites excluding steroid dienone is 1. The minimum Gasteiger partial charge on any atom is -0.469 e. The van der Waals surface area contributed by atoms with Crippen LogP contribution >= 0.6 is 0 Å². The highest BCUT2D eigenvalue weighted by molar-refractivity contribution is 5.82. The van der Waals surface area contributed by atoms with Gasteiger partial charge in [-0.05, 0) is 58.3 Å². The summed E-state index contributed by atoms with van der Waals surface area (Å²) in [5, 5.41) is 7.66. The Bertz CT molecular complexity index is 1110. The predicted octanol–water partition coefficient (Wildman–Crippen LogP) is 7.40. The normalized spacial score (nSPS) is 32.4. The molecule has 9 nitrogen and oxygen atoms in total. The Balaban J connectivity index is 1.04. The molecule has 9 heteroatoms. The Morgan fingerprint density at radius 2 is 1.58 bits per heavy atom. The molecule has 0 saturated carbocycles. The van der Waals surface area contributed by atoms with E-state index >= 15 is 0 Å². The van der Waals surface area contributed by atoms with Crippen LogP contribution in [0.1, 0.15) is 162 Å². The minimum atomic E-state index is -0.747. The Morgan fingerprint density at radius 1 is 0.896 bits per heavy atom. The van der Waals surface area contributed by atoms with Crippen LogP contribution in [0.25, 0.3) is 0 Å². The maximum Gasteiger partial charge on any atom is 0.350 e. The quantitative estimate of drug-likeness (QED) is 0.0673. The smallest absolute Gasteiger partial charge is 0.350 e. The van der Waals surface area contributed by atoms with Gasteiger partial charge in [-0.15, -0.1) is 0 Å². The van der Waals surface area contributed by atoms with E-state index in [1.165, 1.54) is 64.9 Å². The molecular weight excluding hydrogens is 606 g/mol. The fraction of sp³-hybridized carbons (Fsp3) is 0.872. The molecule has 2 saturated heterocycles. The van der Waals surface area contributed by atoms with Gasteiger partial charge in [0.15, 0.2) is 11.6 Å². The number of ether oxygens (including phenoxy) is 4. The average molecular weight is 673 g/mol. The Morgan fingerprint density at radius 3 is 2.25 bits per heavy atom.